The third kappa shape index (κ3) is 4.45. The van der Waals surface area contributed by atoms with E-state index in [-0.39, 0.29) is 35.7 Å². The fourth-order valence-corrected chi connectivity index (χ4v) is 4.80. The van der Waals surface area contributed by atoms with Gasteiger partial charge in [-0.3, -0.25) is 24.1 Å². The number of fused-ring (bicyclic) bond motifs is 1. The van der Waals surface area contributed by atoms with Crippen molar-refractivity contribution in [3.63, 3.8) is 0 Å². The zero-order valence-electron chi connectivity index (χ0n) is 19.6. The van der Waals surface area contributed by atoms with E-state index in [2.05, 4.69) is 10.2 Å². The van der Waals surface area contributed by atoms with Crippen LogP contribution in [0.15, 0.2) is 72.8 Å². The molecule has 1 saturated heterocycles. The molecule has 3 N–H and O–H groups in total. The minimum absolute atomic E-state index is 0.129. The molecule has 2 aliphatic heterocycles. The van der Waals surface area contributed by atoms with Crippen molar-refractivity contribution >= 4 is 35.0 Å². The number of nitrogens with zero attached hydrogens (tertiary/aromatic N) is 2. The molecule has 0 radical (unpaired) electrons. The van der Waals surface area contributed by atoms with Crippen molar-refractivity contribution in [3.05, 3.63) is 95.1 Å². The molecule has 182 valence electrons. The maximum atomic E-state index is 13.2. The van der Waals surface area contributed by atoms with Crippen LogP contribution in [0.5, 0.6) is 0 Å². The number of para-hydroxylation sites is 2. The average Bonchev–Trinajstić information content (AvgIpc) is 3.14. The first-order valence-corrected chi connectivity index (χ1v) is 11.9. The summed E-state index contributed by atoms with van der Waals surface area (Å²) in [6.45, 7) is 1.49. The molecule has 2 heterocycles. The van der Waals surface area contributed by atoms with E-state index in [1.807, 2.05) is 54.6 Å². The molecule has 8 nitrogen and oxygen atoms in total. The van der Waals surface area contributed by atoms with Gasteiger partial charge in [0, 0.05) is 24.6 Å². The Balaban J connectivity index is 1.33. The van der Waals surface area contributed by atoms with Gasteiger partial charge in [-0.2, -0.15) is 0 Å². The Morgan fingerprint density at radius 1 is 0.861 bits per heavy atom. The fraction of sp³-hybridized carbons (Fsp3) is 0.214. The number of nitrogens with two attached hydrogens (primary N) is 1. The van der Waals surface area contributed by atoms with Gasteiger partial charge in [0.15, 0.2) is 0 Å². The van der Waals surface area contributed by atoms with E-state index in [0.717, 1.165) is 11.3 Å². The lowest BCUT2D eigenvalue weighted by Crippen LogP contribution is -2.38. The summed E-state index contributed by atoms with van der Waals surface area (Å²) < 4.78 is 0. The van der Waals surface area contributed by atoms with Crippen LogP contribution < -0.4 is 16.0 Å². The Bertz CT molecular complexity index is 1350. The molecule has 0 aromatic heterocycles. The highest BCUT2D eigenvalue weighted by molar-refractivity contribution is 6.22. The van der Waals surface area contributed by atoms with Crippen molar-refractivity contribution in [1.29, 1.82) is 0 Å². The molecular formula is C28H26N4O4. The van der Waals surface area contributed by atoms with Crippen LogP contribution in [-0.2, 0) is 11.3 Å². The molecule has 1 fully saturated rings. The second kappa shape index (κ2) is 9.65. The number of hydrogen-bond acceptors (Lipinski definition) is 5. The van der Waals surface area contributed by atoms with Gasteiger partial charge in [0.2, 0.25) is 5.91 Å². The number of nitrogens with one attached hydrogen (secondary N) is 1. The van der Waals surface area contributed by atoms with Gasteiger partial charge in [-0.1, -0.05) is 42.5 Å². The normalized spacial score (nSPS) is 15.7. The predicted octanol–water partition coefficient (Wildman–Crippen LogP) is 3.44. The Morgan fingerprint density at radius 3 is 2.25 bits per heavy atom. The number of rotatable bonds is 6. The smallest absolute Gasteiger partial charge is 0.261 e. The van der Waals surface area contributed by atoms with Gasteiger partial charge < -0.3 is 16.0 Å². The van der Waals surface area contributed by atoms with Crippen LogP contribution >= 0.6 is 0 Å². The first kappa shape index (κ1) is 23.3. The molecule has 0 spiro atoms. The van der Waals surface area contributed by atoms with Crippen LogP contribution in [-0.4, -0.2) is 41.6 Å². The van der Waals surface area contributed by atoms with E-state index >= 15 is 0 Å². The van der Waals surface area contributed by atoms with Gasteiger partial charge >= 0.3 is 0 Å². The van der Waals surface area contributed by atoms with Gasteiger partial charge in [0.25, 0.3) is 17.7 Å². The standard InChI is InChI=1S/C28H26N4O4/c29-25(33)19-12-14-31(15-13-19)24-9-5-4-8-23(24)30-26(34)20-10-11-21-22(16-20)28(36)32(27(21)35)17-18-6-2-1-3-7-18/h1-11,16,19H,12-15,17H2,(H2,29,33)(H,30,34). The lowest BCUT2D eigenvalue weighted by molar-refractivity contribution is -0.122. The molecule has 0 aliphatic carbocycles. The maximum Gasteiger partial charge on any atom is 0.261 e. The molecule has 3 aromatic carbocycles. The summed E-state index contributed by atoms with van der Waals surface area (Å²) >= 11 is 0. The Kier molecular flexibility index (Phi) is 6.25. The molecular weight excluding hydrogens is 456 g/mol. The van der Waals surface area contributed by atoms with E-state index in [4.69, 9.17) is 5.73 Å². The highest BCUT2D eigenvalue weighted by atomic mass is 16.2. The monoisotopic (exact) mass is 482 g/mol. The van der Waals surface area contributed by atoms with Crippen LogP contribution in [0.4, 0.5) is 11.4 Å². The number of amides is 4. The highest BCUT2D eigenvalue weighted by Gasteiger charge is 2.36. The SMILES string of the molecule is NC(=O)C1CCN(c2ccccc2NC(=O)c2ccc3c(c2)C(=O)N(Cc2ccccc2)C3=O)CC1. The minimum Gasteiger partial charge on any atom is -0.370 e. The number of hydrogen-bond donors (Lipinski definition) is 2. The molecule has 4 amide bonds. The van der Waals surface area contributed by atoms with Crippen molar-refractivity contribution in [1.82, 2.24) is 4.90 Å². The van der Waals surface area contributed by atoms with E-state index in [1.54, 1.807) is 6.07 Å². The molecule has 0 unspecified atom stereocenters. The quantitative estimate of drug-likeness (QED) is 0.523. The highest BCUT2D eigenvalue weighted by Crippen LogP contribution is 2.31. The molecule has 5 rings (SSSR count). The topological polar surface area (TPSA) is 113 Å². The van der Waals surface area contributed by atoms with Gasteiger partial charge in [0.1, 0.15) is 0 Å². The zero-order valence-corrected chi connectivity index (χ0v) is 19.6. The third-order valence-electron chi connectivity index (χ3n) is 6.81. The van der Waals surface area contributed by atoms with Crippen LogP contribution in [0.25, 0.3) is 0 Å². The van der Waals surface area contributed by atoms with Crippen molar-refractivity contribution < 1.29 is 19.2 Å². The van der Waals surface area contributed by atoms with Gasteiger partial charge in [-0.05, 0) is 48.7 Å². The molecule has 0 bridgehead atoms. The van der Waals surface area contributed by atoms with Crippen molar-refractivity contribution in [2.45, 2.75) is 19.4 Å². The molecule has 36 heavy (non-hydrogen) atoms. The maximum absolute atomic E-state index is 13.2. The fourth-order valence-electron chi connectivity index (χ4n) is 4.80. The Morgan fingerprint density at radius 2 is 1.53 bits per heavy atom. The van der Waals surface area contributed by atoms with Crippen molar-refractivity contribution in [3.8, 4) is 0 Å². The van der Waals surface area contributed by atoms with Crippen LogP contribution in [0.2, 0.25) is 0 Å². The summed E-state index contributed by atoms with van der Waals surface area (Å²) in [4.78, 5) is 53.8. The van der Waals surface area contributed by atoms with E-state index in [1.165, 1.54) is 17.0 Å². The van der Waals surface area contributed by atoms with Gasteiger partial charge in [0.05, 0.1) is 29.0 Å². The van der Waals surface area contributed by atoms with E-state index in [9.17, 15) is 19.2 Å². The number of carbonyl (C=O) groups is 4. The lowest BCUT2D eigenvalue weighted by Gasteiger charge is -2.33. The molecule has 0 saturated carbocycles. The largest absolute Gasteiger partial charge is 0.370 e. The average molecular weight is 483 g/mol. The predicted molar refractivity (Wildman–Crippen MR) is 136 cm³/mol. The Hall–Kier alpha value is -4.46. The first-order valence-electron chi connectivity index (χ1n) is 11.9. The third-order valence-corrected chi connectivity index (χ3v) is 6.81. The van der Waals surface area contributed by atoms with Crippen molar-refractivity contribution in [2.75, 3.05) is 23.3 Å². The Labute approximate surface area is 208 Å². The second-order valence-electron chi connectivity index (χ2n) is 9.08. The van der Waals surface area contributed by atoms with Crippen LogP contribution in [0, 0.1) is 5.92 Å². The molecule has 0 atom stereocenters. The van der Waals surface area contributed by atoms with Crippen molar-refractivity contribution in [2.24, 2.45) is 11.7 Å². The number of imide groups is 1. The number of anilines is 2. The first-order chi connectivity index (χ1) is 17.4. The molecule has 8 heteroatoms. The number of piperidine rings is 1. The summed E-state index contributed by atoms with van der Waals surface area (Å²) in [5.41, 5.74) is 8.61. The molecule has 2 aliphatic rings. The number of carbonyl (C=O) groups excluding carboxylic acids is 4. The summed E-state index contributed by atoms with van der Waals surface area (Å²) in [7, 11) is 0. The summed E-state index contributed by atoms with van der Waals surface area (Å²) in [5.74, 6) is -1.56. The summed E-state index contributed by atoms with van der Waals surface area (Å²) in [5, 5.41) is 2.94. The summed E-state index contributed by atoms with van der Waals surface area (Å²) in [6, 6.07) is 21.3. The molecule has 3 aromatic rings. The van der Waals surface area contributed by atoms with E-state index in [0.29, 0.717) is 42.7 Å². The van der Waals surface area contributed by atoms with Crippen LogP contribution in [0.1, 0.15) is 49.5 Å². The summed E-state index contributed by atoms with van der Waals surface area (Å²) in [6.07, 6.45) is 1.33. The van der Waals surface area contributed by atoms with Gasteiger partial charge in [-0.25, -0.2) is 0 Å². The van der Waals surface area contributed by atoms with E-state index < -0.39 is 5.91 Å². The minimum atomic E-state index is -0.411. The number of benzene rings is 3. The van der Waals surface area contributed by atoms with Gasteiger partial charge in [-0.15, -0.1) is 0 Å². The van der Waals surface area contributed by atoms with Crippen LogP contribution in [0.3, 0.4) is 0 Å². The second-order valence-corrected chi connectivity index (χ2v) is 9.08. The number of primary amides is 1. The zero-order chi connectivity index (χ0) is 25.2. The lowest BCUT2D eigenvalue weighted by atomic mass is 9.96.